The van der Waals surface area contributed by atoms with Gasteiger partial charge in [-0.15, -0.1) is 0 Å². The Hall–Kier alpha value is -2.41. The summed E-state index contributed by atoms with van der Waals surface area (Å²) in [6, 6.07) is -6.59. The normalized spacial score (nSPS) is 41.8. The lowest BCUT2D eigenvalue weighted by atomic mass is 10.1. The second-order valence-corrected chi connectivity index (χ2v) is 4.63. The molecular formula is C17H18FN3O3. The summed E-state index contributed by atoms with van der Waals surface area (Å²) in [4.78, 5) is 24.4. The second-order valence-electron chi connectivity index (χ2n) is 4.63. The molecule has 0 spiro atoms. The fourth-order valence-electron chi connectivity index (χ4n) is 2.08. The lowest BCUT2D eigenvalue weighted by molar-refractivity contribution is 0.0695. The Labute approximate surface area is 160 Å². The molecular weight excluding hydrogens is 313 g/mol. The number of aromatic carboxylic acids is 1. The van der Waals surface area contributed by atoms with Crippen molar-refractivity contribution in [2.75, 3.05) is 30.9 Å². The molecule has 2 heterocycles. The number of piperazine rings is 1. The van der Waals surface area contributed by atoms with Crippen LogP contribution in [0.5, 0.6) is 0 Å². The predicted octanol–water partition coefficient (Wildman–Crippen LogP) is 1.58. The van der Waals surface area contributed by atoms with Gasteiger partial charge in [-0.2, -0.15) is 0 Å². The van der Waals surface area contributed by atoms with E-state index in [9.17, 15) is 14.7 Å². The lowest BCUT2D eigenvalue weighted by Gasteiger charge is -2.30. The second kappa shape index (κ2) is 5.59. The van der Waals surface area contributed by atoms with Crippen molar-refractivity contribution in [3.63, 3.8) is 0 Å². The van der Waals surface area contributed by atoms with Gasteiger partial charge < -0.3 is 19.9 Å². The third-order valence-corrected chi connectivity index (χ3v) is 3.18. The van der Waals surface area contributed by atoms with Crippen LogP contribution in [-0.2, 0) is 0 Å². The van der Waals surface area contributed by atoms with Crippen LogP contribution < -0.4 is 15.6 Å². The fraction of sp³-hybridized carbons (Fsp3) is 0.412. The SMILES string of the molecule is [2H]c1c(F)c(N2C([2H])([2H])C([2H])([2H])NC([2H])([2H])C2([2H])[2H])c([2H])c2c1c(=O)c(C(=O)O)c([2H])n2C1([2H])C([2H])([2H])C1([2H])[2H]. The Morgan fingerprint density at radius 2 is 2.12 bits per heavy atom. The Kier molecular flexibility index (Phi) is 1.29. The third kappa shape index (κ3) is 2.45. The molecule has 1 aliphatic carbocycles. The van der Waals surface area contributed by atoms with E-state index in [4.69, 9.17) is 21.9 Å². The number of halogens is 1. The van der Waals surface area contributed by atoms with Crippen molar-refractivity contribution in [1.82, 2.24) is 9.88 Å². The van der Waals surface area contributed by atoms with Crippen LogP contribution in [0.1, 0.15) is 51.1 Å². The highest BCUT2D eigenvalue weighted by atomic mass is 19.1. The summed E-state index contributed by atoms with van der Waals surface area (Å²) in [5.74, 6) is -4.28. The molecule has 4 rings (SSSR count). The molecule has 1 aliphatic heterocycles. The summed E-state index contributed by atoms with van der Waals surface area (Å²) in [5.41, 5.74) is -6.34. The standard InChI is InChI=1S/C17H18FN3O3/c18-13-7-11-14(8-15(13)20-5-3-19-4-6-20)21(10-1-2-10)9-12(16(11)22)17(23)24/h7-10,19H,1-6H2,(H,23,24)/i1D2,2D2,3D2,4D2,5D2,6D2,7D,8D,9D,10D. The van der Waals surface area contributed by atoms with Gasteiger partial charge in [0.05, 0.1) is 22.2 Å². The molecule has 1 saturated heterocycles. The average Bonchev–Trinajstić information content (AvgIpc) is 3.08. The summed E-state index contributed by atoms with van der Waals surface area (Å²) < 4.78 is 146. The first kappa shape index (κ1) is 5.56. The highest BCUT2D eigenvalue weighted by Crippen LogP contribution is 2.38. The molecule has 7 heteroatoms. The summed E-state index contributed by atoms with van der Waals surface area (Å²) in [6.07, 6.45) is -8.04. The first-order valence-corrected chi connectivity index (χ1v) is 6.41. The van der Waals surface area contributed by atoms with E-state index in [0.717, 1.165) is 0 Å². The van der Waals surface area contributed by atoms with Gasteiger partial charge in [0.2, 0.25) is 5.43 Å². The molecule has 0 atom stereocenters. The Morgan fingerprint density at radius 1 is 1.42 bits per heavy atom. The van der Waals surface area contributed by atoms with Gasteiger partial charge in [0.1, 0.15) is 11.4 Å². The number of fused-ring (bicyclic) bond motifs is 1. The highest BCUT2D eigenvalue weighted by Gasteiger charge is 2.28. The van der Waals surface area contributed by atoms with Gasteiger partial charge in [0, 0.05) is 54.5 Å². The molecule has 2 aliphatic rings. The van der Waals surface area contributed by atoms with Crippen LogP contribution in [0.25, 0.3) is 10.9 Å². The number of anilines is 1. The molecule has 2 N–H and O–H groups in total. The molecule has 0 radical (unpaired) electrons. The number of nitrogens with zero attached hydrogens (tertiary/aromatic N) is 2. The van der Waals surface area contributed by atoms with E-state index < -0.39 is 107 Å². The van der Waals surface area contributed by atoms with Crippen molar-refractivity contribution < 1.29 is 36.2 Å². The predicted molar refractivity (Wildman–Crippen MR) is 88.5 cm³/mol. The van der Waals surface area contributed by atoms with E-state index in [0.29, 0.717) is 0 Å². The van der Waals surface area contributed by atoms with Crippen LogP contribution in [0.15, 0.2) is 23.1 Å². The number of aromatic nitrogens is 1. The Balaban J connectivity index is 2.32. The number of hydrogen-bond acceptors (Lipinski definition) is 4. The number of pyridine rings is 1. The topological polar surface area (TPSA) is 74.6 Å². The third-order valence-electron chi connectivity index (χ3n) is 3.18. The van der Waals surface area contributed by atoms with E-state index >= 15 is 4.39 Å². The Bertz CT molecular complexity index is 1530. The van der Waals surface area contributed by atoms with Gasteiger partial charge in [-0.3, -0.25) is 4.79 Å². The van der Waals surface area contributed by atoms with Gasteiger partial charge in [0.25, 0.3) is 0 Å². The molecule has 0 amide bonds. The number of carboxylic acid groups (broad SMARTS) is 1. The molecule has 2 aromatic rings. The summed E-state index contributed by atoms with van der Waals surface area (Å²) in [5, 5.41) is 9.64. The average molecular weight is 347 g/mol. The van der Waals surface area contributed by atoms with Gasteiger partial charge in [-0.1, -0.05) is 0 Å². The summed E-state index contributed by atoms with van der Waals surface area (Å²) >= 11 is 0. The molecule has 0 unspecified atom stereocenters. The zero-order valence-electron chi connectivity index (χ0n) is 27.5. The number of carbonyl (C=O) groups is 1. The molecule has 1 aromatic carbocycles. The van der Waals surface area contributed by atoms with Crippen molar-refractivity contribution >= 4 is 22.6 Å². The molecule has 126 valence electrons. The molecule has 1 aromatic heterocycles. The van der Waals surface area contributed by atoms with E-state index in [1.165, 1.54) is 5.32 Å². The minimum atomic E-state index is -3.77. The maximum absolute atomic E-state index is 15.8. The minimum Gasteiger partial charge on any atom is -0.477 e. The number of rotatable bonds is 3. The zero-order chi connectivity index (χ0) is 31.1. The Morgan fingerprint density at radius 3 is 2.75 bits per heavy atom. The van der Waals surface area contributed by atoms with Gasteiger partial charge in [-0.05, 0) is 24.8 Å². The van der Waals surface area contributed by atoms with Crippen LogP contribution in [0.3, 0.4) is 0 Å². The summed E-state index contributed by atoms with van der Waals surface area (Å²) in [6.45, 7) is -14.6. The van der Waals surface area contributed by atoms with Crippen molar-refractivity contribution in [2.45, 2.75) is 18.8 Å². The highest BCUT2D eigenvalue weighted by molar-refractivity contribution is 5.93. The molecule has 0 bridgehead atoms. The summed E-state index contributed by atoms with van der Waals surface area (Å²) in [7, 11) is 0. The van der Waals surface area contributed by atoms with Crippen molar-refractivity contribution in [1.29, 1.82) is 0 Å². The van der Waals surface area contributed by atoms with Crippen LogP contribution in [0.2, 0.25) is 0 Å². The van der Waals surface area contributed by atoms with Crippen LogP contribution in [0.4, 0.5) is 10.1 Å². The van der Waals surface area contributed by atoms with E-state index in [1.54, 1.807) is 0 Å². The number of hydrogen-bond donors (Lipinski definition) is 2. The van der Waals surface area contributed by atoms with E-state index in [1.807, 2.05) is 0 Å². The van der Waals surface area contributed by atoms with E-state index in [2.05, 4.69) is 0 Å². The molecule has 1 saturated carbocycles. The maximum Gasteiger partial charge on any atom is 0.341 e. The smallest absolute Gasteiger partial charge is 0.341 e. The number of benzene rings is 1. The largest absolute Gasteiger partial charge is 0.477 e. The zero-order valence-corrected chi connectivity index (χ0v) is 11.5. The van der Waals surface area contributed by atoms with Crippen LogP contribution in [-0.4, -0.2) is 41.6 Å². The quantitative estimate of drug-likeness (QED) is 0.882. The molecule has 2 fully saturated rings. The first-order chi connectivity index (χ1) is 17.7. The van der Waals surface area contributed by atoms with Gasteiger partial charge >= 0.3 is 5.97 Å². The van der Waals surface area contributed by atoms with Gasteiger partial charge in [-0.25, -0.2) is 9.18 Å². The number of nitrogens with one attached hydrogen (secondary N) is 1. The first-order valence-electron chi connectivity index (χ1n) is 14.4. The van der Waals surface area contributed by atoms with Crippen molar-refractivity contribution in [3.8, 4) is 0 Å². The van der Waals surface area contributed by atoms with Crippen molar-refractivity contribution in [3.05, 3.63) is 39.9 Å². The van der Waals surface area contributed by atoms with Crippen LogP contribution in [0, 0.1) is 5.82 Å². The minimum absolute atomic E-state index is 0.0902. The van der Waals surface area contributed by atoms with Gasteiger partial charge in [0.15, 0.2) is 0 Å². The fourth-order valence-corrected chi connectivity index (χ4v) is 2.08. The van der Waals surface area contributed by atoms with Crippen molar-refractivity contribution in [2.24, 2.45) is 0 Å². The van der Waals surface area contributed by atoms with Crippen LogP contribution >= 0.6 is 0 Å². The van der Waals surface area contributed by atoms with E-state index in [-0.39, 0.29) is 4.57 Å². The monoisotopic (exact) mass is 347 g/mol. The molecule has 24 heavy (non-hydrogen) atoms. The molecule has 6 nitrogen and oxygen atoms in total. The maximum atomic E-state index is 15.8. The number of carboxylic acids is 1. The lowest BCUT2D eigenvalue weighted by Crippen LogP contribution is -2.43.